The van der Waals surface area contributed by atoms with Gasteiger partial charge in [-0.3, -0.25) is 9.59 Å². The zero-order valence-corrected chi connectivity index (χ0v) is 16.6. The molecular formula is C18H24ClN3O6. The molecule has 0 aromatic heterocycles. The van der Waals surface area contributed by atoms with Crippen LogP contribution in [0.2, 0.25) is 5.02 Å². The maximum absolute atomic E-state index is 12.6. The molecule has 0 bridgehead atoms. The molecule has 0 atom stereocenters. The summed E-state index contributed by atoms with van der Waals surface area (Å²) < 4.78 is 15.4. The number of benzene rings is 1. The number of rotatable bonds is 7. The first-order valence-electron chi connectivity index (χ1n) is 8.86. The lowest BCUT2D eigenvalue weighted by Crippen LogP contribution is -2.46. The van der Waals surface area contributed by atoms with Crippen LogP contribution in [0.1, 0.15) is 30.1 Å². The van der Waals surface area contributed by atoms with Gasteiger partial charge < -0.3 is 30.2 Å². The van der Waals surface area contributed by atoms with Crippen molar-refractivity contribution in [2.24, 2.45) is 5.73 Å². The number of piperidine rings is 1. The second-order valence-corrected chi connectivity index (χ2v) is 6.59. The number of carbonyl (C=O) groups is 3. The number of nitrogens with two attached hydrogens (primary N) is 1. The van der Waals surface area contributed by atoms with Gasteiger partial charge in [0.25, 0.3) is 11.8 Å². The van der Waals surface area contributed by atoms with Gasteiger partial charge in [-0.05, 0) is 31.9 Å². The van der Waals surface area contributed by atoms with Crippen molar-refractivity contribution in [1.82, 2.24) is 10.2 Å². The Morgan fingerprint density at radius 2 is 1.96 bits per heavy atom. The highest BCUT2D eigenvalue weighted by atomic mass is 35.5. The van der Waals surface area contributed by atoms with Gasteiger partial charge >= 0.3 is 6.09 Å². The molecule has 1 fully saturated rings. The molecule has 10 heteroatoms. The third kappa shape index (κ3) is 5.66. The minimum absolute atomic E-state index is 0.0752. The number of nitrogens with one attached hydrogen (secondary N) is 1. The number of nitrogens with zero attached hydrogens (tertiary/aromatic N) is 1. The molecule has 0 radical (unpaired) electrons. The molecule has 0 spiro atoms. The second-order valence-electron chi connectivity index (χ2n) is 6.18. The molecule has 0 unspecified atom stereocenters. The van der Waals surface area contributed by atoms with Gasteiger partial charge in [0.2, 0.25) is 0 Å². The Kier molecular flexibility index (Phi) is 7.74. The lowest BCUT2D eigenvalue weighted by atomic mass is 10.0. The van der Waals surface area contributed by atoms with Crippen LogP contribution in [0.3, 0.4) is 0 Å². The van der Waals surface area contributed by atoms with E-state index in [4.69, 9.17) is 31.5 Å². The summed E-state index contributed by atoms with van der Waals surface area (Å²) in [6, 6.07) is 2.84. The molecule has 9 nitrogen and oxygen atoms in total. The zero-order chi connectivity index (χ0) is 20.7. The first-order chi connectivity index (χ1) is 13.3. The average Bonchev–Trinajstić information content (AvgIpc) is 2.67. The van der Waals surface area contributed by atoms with E-state index < -0.39 is 5.91 Å². The van der Waals surface area contributed by atoms with Crippen molar-refractivity contribution in [3.8, 4) is 11.5 Å². The fourth-order valence-electron chi connectivity index (χ4n) is 2.82. The summed E-state index contributed by atoms with van der Waals surface area (Å²) in [5.41, 5.74) is 5.36. The van der Waals surface area contributed by atoms with Gasteiger partial charge in [-0.15, -0.1) is 0 Å². The van der Waals surface area contributed by atoms with Crippen LogP contribution in [0.15, 0.2) is 12.1 Å². The van der Waals surface area contributed by atoms with Gasteiger partial charge in [0.1, 0.15) is 0 Å². The maximum Gasteiger partial charge on any atom is 0.409 e. The summed E-state index contributed by atoms with van der Waals surface area (Å²) >= 11 is 6.17. The number of hydrogen-bond donors (Lipinski definition) is 2. The van der Waals surface area contributed by atoms with E-state index >= 15 is 0 Å². The van der Waals surface area contributed by atoms with Crippen LogP contribution < -0.4 is 20.5 Å². The summed E-state index contributed by atoms with van der Waals surface area (Å²) in [7, 11) is 1.40. The van der Waals surface area contributed by atoms with Gasteiger partial charge in [0.05, 0.1) is 18.7 Å². The number of methoxy groups -OCH3 is 1. The quantitative estimate of drug-likeness (QED) is 0.699. The molecular weight excluding hydrogens is 390 g/mol. The van der Waals surface area contributed by atoms with Crippen molar-refractivity contribution in [1.29, 1.82) is 0 Å². The normalized spacial score (nSPS) is 14.3. The molecule has 3 amide bonds. The van der Waals surface area contributed by atoms with Crippen LogP contribution in [-0.4, -0.2) is 62.3 Å². The summed E-state index contributed by atoms with van der Waals surface area (Å²) in [5.74, 6) is -0.622. The first-order valence-corrected chi connectivity index (χ1v) is 9.24. The summed E-state index contributed by atoms with van der Waals surface area (Å²) in [6.45, 7) is 2.74. The number of halogens is 1. The van der Waals surface area contributed by atoms with Crippen LogP contribution in [0.25, 0.3) is 0 Å². The van der Waals surface area contributed by atoms with E-state index in [1.165, 1.54) is 19.2 Å². The number of carbonyl (C=O) groups excluding carboxylic acids is 3. The van der Waals surface area contributed by atoms with Crippen molar-refractivity contribution in [2.75, 3.05) is 33.4 Å². The number of primary amides is 1. The molecule has 0 saturated carbocycles. The number of hydrogen-bond acceptors (Lipinski definition) is 6. The minimum Gasteiger partial charge on any atom is -0.493 e. The van der Waals surface area contributed by atoms with E-state index in [1.807, 2.05) is 0 Å². The lowest BCUT2D eigenvalue weighted by molar-refractivity contribution is -0.119. The molecule has 1 aromatic rings. The van der Waals surface area contributed by atoms with Crippen LogP contribution in [-0.2, 0) is 9.53 Å². The Bertz CT molecular complexity index is 734. The molecule has 1 saturated heterocycles. The number of amides is 3. The van der Waals surface area contributed by atoms with E-state index in [9.17, 15) is 14.4 Å². The Hall–Kier alpha value is -2.68. The van der Waals surface area contributed by atoms with Crippen molar-refractivity contribution in [3.05, 3.63) is 22.7 Å². The van der Waals surface area contributed by atoms with E-state index in [1.54, 1.807) is 11.8 Å². The summed E-state index contributed by atoms with van der Waals surface area (Å²) in [5, 5.41) is 3.06. The van der Waals surface area contributed by atoms with E-state index in [-0.39, 0.29) is 41.2 Å². The summed E-state index contributed by atoms with van der Waals surface area (Å²) in [4.78, 5) is 36.8. The second kappa shape index (κ2) is 10.0. The van der Waals surface area contributed by atoms with Gasteiger partial charge in [-0.1, -0.05) is 11.6 Å². The monoisotopic (exact) mass is 413 g/mol. The Labute approximate surface area is 168 Å². The largest absolute Gasteiger partial charge is 0.493 e. The molecule has 3 N–H and O–H groups in total. The molecule has 1 aromatic carbocycles. The molecule has 2 rings (SSSR count). The maximum atomic E-state index is 12.6. The van der Waals surface area contributed by atoms with Crippen molar-refractivity contribution < 1.29 is 28.6 Å². The van der Waals surface area contributed by atoms with Crippen LogP contribution in [0.4, 0.5) is 4.79 Å². The van der Waals surface area contributed by atoms with Gasteiger partial charge in [-0.2, -0.15) is 0 Å². The molecule has 1 heterocycles. The topological polar surface area (TPSA) is 120 Å². The van der Waals surface area contributed by atoms with Gasteiger partial charge in [0.15, 0.2) is 18.1 Å². The van der Waals surface area contributed by atoms with Crippen LogP contribution >= 0.6 is 11.6 Å². The molecule has 1 aliphatic heterocycles. The average molecular weight is 414 g/mol. The highest BCUT2D eigenvalue weighted by Crippen LogP contribution is 2.36. The minimum atomic E-state index is -0.658. The highest BCUT2D eigenvalue weighted by molar-refractivity contribution is 6.32. The SMILES string of the molecule is CCOC(=O)N1CCC(NC(=O)c2cc(Cl)c(OCC(N)=O)c(OC)c2)CC1. The third-order valence-corrected chi connectivity index (χ3v) is 4.49. The predicted molar refractivity (Wildman–Crippen MR) is 102 cm³/mol. The van der Waals surface area contributed by atoms with Crippen LogP contribution in [0.5, 0.6) is 11.5 Å². The zero-order valence-electron chi connectivity index (χ0n) is 15.8. The van der Waals surface area contributed by atoms with Gasteiger partial charge in [0, 0.05) is 24.7 Å². The smallest absolute Gasteiger partial charge is 0.409 e. The first kappa shape index (κ1) is 21.6. The Morgan fingerprint density at radius 3 is 2.54 bits per heavy atom. The molecule has 154 valence electrons. The van der Waals surface area contributed by atoms with Gasteiger partial charge in [-0.25, -0.2) is 4.79 Å². The standard InChI is InChI=1S/C18H24ClN3O6/c1-3-27-18(25)22-6-4-12(5-7-22)21-17(24)11-8-13(19)16(14(9-11)26-2)28-10-15(20)23/h8-9,12H,3-7,10H2,1-2H3,(H2,20,23)(H,21,24). The molecule has 0 aliphatic carbocycles. The van der Waals surface area contributed by atoms with E-state index in [0.29, 0.717) is 38.1 Å². The molecule has 28 heavy (non-hydrogen) atoms. The fraction of sp³-hybridized carbons (Fsp3) is 0.500. The molecule has 1 aliphatic rings. The van der Waals surface area contributed by atoms with E-state index in [2.05, 4.69) is 5.32 Å². The Balaban J connectivity index is 2.00. The van der Waals surface area contributed by atoms with Crippen molar-refractivity contribution in [2.45, 2.75) is 25.8 Å². The lowest BCUT2D eigenvalue weighted by Gasteiger charge is -2.31. The predicted octanol–water partition coefficient (Wildman–Crippen LogP) is 1.56. The van der Waals surface area contributed by atoms with E-state index in [0.717, 1.165) is 0 Å². The summed E-state index contributed by atoms with van der Waals surface area (Å²) in [6.07, 6.45) is 0.903. The third-order valence-electron chi connectivity index (χ3n) is 4.21. The number of ether oxygens (including phenoxy) is 3. The van der Waals surface area contributed by atoms with Crippen molar-refractivity contribution in [3.63, 3.8) is 0 Å². The van der Waals surface area contributed by atoms with Crippen molar-refractivity contribution >= 4 is 29.5 Å². The fourth-order valence-corrected chi connectivity index (χ4v) is 3.09. The highest BCUT2D eigenvalue weighted by Gasteiger charge is 2.25. The number of likely N-dealkylation sites (tertiary alicyclic amines) is 1. The van der Waals surface area contributed by atoms with Crippen LogP contribution in [0, 0.1) is 0 Å². The Morgan fingerprint density at radius 1 is 1.29 bits per heavy atom.